The van der Waals surface area contributed by atoms with Crippen LogP contribution >= 0.6 is 0 Å². The fraction of sp³-hybridized carbons (Fsp3) is 0.185. The average molecular weight is 429 g/mol. The maximum Gasteiger partial charge on any atom is 0.255 e. The highest BCUT2D eigenvalue weighted by Gasteiger charge is 2.13. The van der Waals surface area contributed by atoms with Gasteiger partial charge in [0.15, 0.2) is 11.6 Å². The molecule has 0 aliphatic heterocycles. The minimum Gasteiger partial charge on any atom is -0.486 e. The molecule has 162 valence electrons. The quantitative estimate of drug-likeness (QED) is 0.375. The highest BCUT2D eigenvalue weighted by molar-refractivity contribution is 6.04. The Bertz CT molecular complexity index is 1280. The Morgan fingerprint density at radius 2 is 1.88 bits per heavy atom. The Hall–Kier alpha value is -3.73. The Balaban J connectivity index is 1.51. The van der Waals surface area contributed by atoms with E-state index in [2.05, 4.69) is 24.1 Å². The van der Waals surface area contributed by atoms with Crippen LogP contribution in [0.3, 0.4) is 0 Å². The lowest BCUT2D eigenvalue weighted by molar-refractivity contribution is 0.102. The van der Waals surface area contributed by atoms with Crippen LogP contribution in [0.4, 0.5) is 10.1 Å². The van der Waals surface area contributed by atoms with Crippen LogP contribution in [-0.4, -0.2) is 10.9 Å². The van der Waals surface area contributed by atoms with Crippen molar-refractivity contribution in [1.29, 1.82) is 0 Å². The van der Waals surface area contributed by atoms with Gasteiger partial charge in [0.25, 0.3) is 5.91 Å². The van der Waals surface area contributed by atoms with Gasteiger partial charge in [0.05, 0.1) is 0 Å². The predicted octanol–water partition coefficient (Wildman–Crippen LogP) is 6.64. The first-order valence-corrected chi connectivity index (χ1v) is 10.6. The van der Waals surface area contributed by atoms with E-state index in [4.69, 9.17) is 4.74 Å². The Labute approximate surface area is 187 Å². The highest BCUT2D eigenvalue weighted by atomic mass is 19.1. The third-order valence-corrected chi connectivity index (χ3v) is 5.48. The number of fused-ring (bicyclic) bond motifs is 1. The van der Waals surface area contributed by atoms with Crippen molar-refractivity contribution in [2.24, 2.45) is 0 Å². The van der Waals surface area contributed by atoms with Crippen molar-refractivity contribution in [2.75, 3.05) is 5.32 Å². The van der Waals surface area contributed by atoms with Gasteiger partial charge in [-0.05, 0) is 59.7 Å². The molecule has 32 heavy (non-hydrogen) atoms. The van der Waals surface area contributed by atoms with E-state index in [1.165, 1.54) is 23.8 Å². The van der Waals surface area contributed by atoms with Crippen molar-refractivity contribution >= 4 is 22.4 Å². The molecule has 0 aliphatic rings. The molecule has 4 rings (SSSR count). The number of nitrogens with zero attached hydrogens (tertiary/aromatic N) is 1. The molecule has 0 aliphatic carbocycles. The van der Waals surface area contributed by atoms with Crippen LogP contribution in [0, 0.1) is 12.7 Å². The second-order valence-electron chi connectivity index (χ2n) is 8.13. The number of benzene rings is 3. The van der Waals surface area contributed by atoms with E-state index < -0.39 is 5.82 Å². The van der Waals surface area contributed by atoms with Gasteiger partial charge in [-0.1, -0.05) is 44.2 Å². The number of anilines is 1. The van der Waals surface area contributed by atoms with E-state index in [-0.39, 0.29) is 18.3 Å². The van der Waals surface area contributed by atoms with Gasteiger partial charge in [0.1, 0.15) is 6.61 Å². The second kappa shape index (κ2) is 9.18. The molecule has 0 radical (unpaired) electrons. The molecule has 1 N–H and O–H groups in total. The number of hydrogen-bond donors (Lipinski definition) is 1. The molecule has 0 fully saturated rings. The van der Waals surface area contributed by atoms with Gasteiger partial charge in [0.2, 0.25) is 0 Å². The fourth-order valence-electron chi connectivity index (χ4n) is 3.81. The van der Waals surface area contributed by atoms with Crippen molar-refractivity contribution in [1.82, 2.24) is 4.98 Å². The van der Waals surface area contributed by atoms with Gasteiger partial charge in [-0.15, -0.1) is 0 Å². The summed E-state index contributed by atoms with van der Waals surface area (Å²) in [4.78, 5) is 17.0. The zero-order valence-corrected chi connectivity index (χ0v) is 18.4. The summed E-state index contributed by atoms with van der Waals surface area (Å²) in [5.41, 5.74) is 4.22. The number of aromatic nitrogens is 1. The first kappa shape index (κ1) is 21.5. The average Bonchev–Trinajstić information content (AvgIpc) is 2.78. The third-order valence-electron chi connectivity index (χ3n) is 5.48. The largest absolute Gasteiger partial charge is 0.486 e. The van der Waals surface area contributed by atoms with Crippen molar-refractivity contribution in [3.63, 3.8) is 0 Å². The van der Waals surface area contributed by atoms with Crippen molar-refractivity contribution in [3.05, 3.63) is 101 Å². The van der Waals surface area contributed by atoms with Crippen molar-refractivity contribution < 1.29 is 13.9 Å². The molecule has 0 spiro atoms. The minimum atomic E-state index is -0.521. The van der Waals surface area contributed by atoms with E-state index in [0.29, 0.717) is 17.2 Å². The highest BCUT2D eigenvalue weighted by Crippen LogP contribution is 2.25. The topological polar surface area (TPSA) is 51.2 Å². The zero-order chi connectivity index (χ0) is 22.7. The smallest absolute Gasteiger partial charge is 0.255 e. The lowest BCUT2D eigenvalue weighted by atomic mass is 9.97. The summed E-state index contributed by atoms with van der Waals surface area (Å²) in [5.74, 6) is -0.407. The molecule has 4 nitrogen and oxygen atoms in total. The summed E-state index contributed by atoms with van der Waals surface area (Å²) < 4.78 is 20.1. The summed E-state index contributed by atoms with van der Waals surface area (Å²) in [6.45, 7) is 6.44. The molecule has 0 atom stereocenters. The van der Waals surface area contributed by atoms with Crippen molar-refractivity contribution in [3.8, 4) is 5.75 Å². The molecule has 1 aromatic heterocycles. The number of carbonyl (C=O) groups excluding carboxylic acids is 1. The van der Waals surface area contributed by atoms with Crippen LogP contribution in [0.15, 0.2) is 73.1 Å². The standard InChI is InChI=1S/C27H25FN2O2/c1-17(2)23-10-9-22(12-18(23)3)30-27(31)19-8-11-25(28)26(13-19)32-16-21-15-29-14-20-6-4-5-7-24(20)21/h4-15,17H,16H2,1-3H3,(H,30,31). The van der Waals surface area contributed by atoms with Gasteiger partial charge in [0, 0.05) is 34.6 Å². The fourth-order valence-corrected chi connectivity index (χ4v) is 3.81. The number of carbonyl (C=O) groups is 1. The van der Waals surface area contributed by atoms with E-state index >= 15 is 0 Å². The summed E-state index contributed by atoms with van der Waals surface area (Å²) in [7, 11) is 0. The van der Waals surface area contributed by atoms with Gasteiger partial charge < -0.3 is 10.1 Å². The number of pyridine rings is 1. The number of amides is 1. The number of nitrogens with one attached hydrogen (secondary N) is 1. The number of hydrogen-bond acceptors (Lipinski definition) is 3. The monoisotopic (exact) mass is 428 g/mol. The maximum atomic E-state index is 14.4. The van der Waals surface area contributed by atoms with Gasteiger partial charge in [-0.25, -0.2) is 4.39 Å². The van der Waals surface area contributed by atoms with Gasteiger partial charge in [-0.3, -0.25) is 9.78 Å². The van der Waals surface area contributed by atoms with Gasteiger partial charge >= 0.3 is 0 Å². The minimum absolute atomic E-state index is 0.0249. The predicted molar refractivity (Wildman–Crippen MR) is 126 cm³/mol. The van der Waals surface area contributed by atoms with E-state index in [1.54, 1.807) is 12.4 Å². The van der Waals surface area contributed by atoms with Gasteiger partial charge in [-0.2, -0.15) is 0 Å². The number of rotatable bonds is 6. The molecule has 5 heteroatoms. The lowest BCUT2D eigenvalue weighted by Crippen LogP contribution is -2.13. The summed E-state index contributed by atoms with van der Waals surface area (Å²) in [6.07, 6.45) is 3.49. The number of ether oxygens (including phenoxy) is 1. The normalized spacial score (nSPS) is 11.0. The van der Waals surface area contributed by atoms with Crippen LogP contribution in [0.2, 0.25) is 0 Å². The lowest BCUT2D eigenvalue weighted by Gasteiger charge is -2.13. The first-order chi connectivity index (χ1) is 15.4. The molecule has 0 unspecified atom stereocenters. The Kier molecular flexibility index (Phi) is 6.17. The third kappa shape index (κ3) is 4.62. The van der Waals surface area contributed by atoms with Crippen LogP contribution in [0.5, 0.6) is 5.75 Å². The summed E-state index contributed by atoms with van der Waals surface area (Å²) in [6, 6.07) is 17.8. The number of aryl methyl sites for hydroxylation is 1. The molecule has 0 bridgehead atoms. The molecular formula is C27H25FN2O2. The van der Waals surface area contributed by atoms with Crippen molar-refractivity contribution in [2.45, 2.75) is 33.3 Å². The van der Waals surface area contributed by atoms with E-state index in [9.17, 15) is 9.18 Å². The first-order valence-electron chi connectivity index (χ1n) is 10.6. The molecule has 0 saturated heterocycles. The van der Waals surface area contributed by atoms with E-state index in [1.807, 2.05) is 49.4 Å². The van der Waals surface area contributed by atoms with E-state index in [0.717, 1.165) is 21.9 Å². The Morgan fingerprint density at radius 3 is 2.66 bits per heavy atom. The van der Waals surface area contributed by atoms with Crippen LogP contribution in [0.1, 0.15) is 46.8 Å². The molecule has 0 saturated carbocycles. The maximum absolute atomic E-state index is 14.4. The van der Waals surface area contributed by atoms with Crippen LogP contribution < -0.4 is 10.1 Å². The second-order valence-corrected chi connectivity index (χ2v) is 8.13. The summed E-state index contributed by atoms with van der Waals surface area (Å²) >= 11 is 0. The molecule has 4 aromatic rings. The number of halogens is 1. The Morgan fingerprint density at radius 1 is 1.06 bits per heavy atom. The molecular weight excluding hydrogens is 403 g/mol. The SMILES string of the molecule is Cc1cc(NC(=O)c2ccc(F)c(OCc3cncc4ccccc34)c2)ccc1C(C)C. The van der Waals surface area contributed by atoms with Crippen LogP contribution in [0.25, 0.3) is 10.8 Å². The zero-order valence-electron chi connectivity index (χ0n) is 18.4. The van der Waals surface area contributed by atoms with Crippen LogP contribution in [-0.2, 0) is 6.61 Å². The molecule has 1 heterocycles. The molecule has 3 aromatic carbocycles. The summed E-state index contributed by atoms with van der Waals surface area (Å²) in [5, 5.41) is 4.87. The molecule has 1 amide bonds.